The van der Waals surface area contributed by atoms with Crippen LogP contribution in [0, 0.1) is 0 Å². The molecule has 5 heteroatoms. The Morgan fingerprint density at radius 2 is 1.93 bits per heavy atom. The molecule has 1 amide bonds. The summed E-state index contributed by atoms with van der Waals surface area (Å²) >= 11 is 1.70. The molecule has 0 bridgehead atoms. The normalized spacial score (nSPS) is 16.8. The third-order valence-electron chi connectivity index (χ3n) is 5.40. The van der Waals surface area contributed by atoms with E-state index in [2.05, 4.69) is 6.07 Å². The summed E-state index contributed by atoms with van der Waals surface area (Å²) in [7, 11) is 1.66. The molecule has 0 radical (unpaired) electrons. The lowest BCUT2D eigenvalue weighted by atomic mass is 10.1. The van der Waals surface area contributed by atoms with Crippen LogP contribution in [0.1, 0.15) is 34.2 Å². The van der Waals surface area contributed by atoms with Crippen LogP contribution < -0.4 is 4.74 Å². The van der Waals surface area contributed by atoms with Crippen molar-refractivity contribution < 1.29 is 9.53 Å². The number of hydrogen-bond acceptors (Lipinski definition) is 4. The molecule has 0 saturated carbocycles. The average Bonchev–Trinajstić information content (AvgIpc) is 3.39. The maximum Gasteiger partial charge on any atom is 0.254 e. The molecule has 140 valence electrons. The van der Waals surface area contributed by atoms with Crippen molar-refractivity contribution in [2.24, 2.45) is 0 Å². The van der Waals surface area contributed by atoms with E-state index in [4.69, 9.17) is 9.72 Å². The van der Waals surface area contributed by atoms with Crippen LogP contribution in [0.2, 0.25) is 0 Å². The summed E-state index contributed by atoms with van der Waals surface area (Å²) in [6.45, 7) is 0.778. The summed E-state index contributed by atoms with van der Waals surface area (Å²) in [6.07, 6.45) is 1.98. The van der Waals surface area contributed by atoms with Crippen molar-refractivity contribution in [2.75, 3.05) is 13.7 Å². The lowest BCUT2D eigenvalue weighted by molar-refractivity contribution is 0.0735. The molecule has 0 aliphatic carbocycles. The van der Waals surface area contributed by atoms with Crippen molar-refractivity contribution in [3.05, 3.63) is 71.2 Å². The van der Waals surface area contributed by atoms with E-state index in [1.165, 1.54) is 4.70 Å². The molecule has 5 rings (SSSR count). The average molecular weight is 388 g/mol. The molecule has 2 heterocycles. The van der Waals surface area contributed by atoms with Crippen LogP contribution >= 0.6 is 11.3 Å². The number of carbonyl (C=O) groups is 1. The molecule has 1 aliphatic heterocycles. The van der Waals surface area contributed by atoms with Crippen LogP contribution in [0.3, 0.4) is 0 Å². The largest absolute Gasteiger partial charge is 0.497 e. The quantitative estimate of drug-likeness (QED) is 0.470. The van der Waals surface area contributed by atoms with Crippen LogP contribution in [0.15, 0.2) is 60.7 Å². The minimum atomic E-state index is 0.0662. The van der Waals surface area contributed by atoms with Gasteiger partial charge in [0.1, 0.15) is 10.8 Å². The number of thiazole rings is 1. The van der Waals surface area contributed by atoms with E-state index in [0.717, 1.165) is 52.0 Å². The van der Waals surface area contributed by atoms with Crippen molar-refractivity contribution >= 4 is 38.2 Å². The summed E-state index contributed by atoms with van der Waals surface area (Å²) in [6, 6.07) is 20.0. The molecule has 1 unspecified atom stereocenters. The van der Waals surface area contributed by atoms with Gasteiger partial charge in [-0.2, -0.15) is 0 Å². The highest BCUT2D eigenvalue weighted by Crippen LogP contribution is 2.37. The van der Waals surface area contributed by atoms with Crippen LogP contribution in [0.25, 0.3) is 21.0 Å². The van der Waals surface area contributed by atoms with Crippen molar-refractivity contribution in [1.82, 2.24) is 9.88 Å². The molecule has 3 aromatic carbocycles. The fourth-order valence-electron chi connectivity index (χ4n) is 3.95. The summed E-state index contributed by atoms with van der Waals surface area (Å²) < 4.78 is 6.47. The second-order valence-corrected chi connectivity index (χ2v) is 8.17. The predicted octanol–water partition coefficient (Wildman–Crippen LogP) is 5.44. The number of likely N-dealkylation sites (tertiary alicyclic amines) is 1. The van der Waals surface area contributed by atoms with Gasteiger partial charge in [-0.05, 0) is 60.0 Å². The number of fused-ring (bicyclic) bond motifs is 2. The lowest BCUT2D eigenvalue weighted by Crippen LogP contribution is -2.30. The lowest BCUT2D eigenvalue weighted by Gasteiger charge is -2.23. The first-order valence-corrected chi connectivity index (χ1v) is 10.3. The second kappa shape index (κ2) is 6.91. The Morgan fingerprint density at radius 3 is 2.79 bits per heavy atom. The maximum absolute atomic E-state index is 13.3. The van der Waals surface area contributed by atoms with Crippen LogP contribution in [-0.2, 0) is 0 Å². The van der Waals surface area contributed by atoms with Crippen LogP contribution in [0.4, 0.5) is 0 Å². The van der Waals surface area contributed by atoms with Gasteiger partial charge in [0, 0.05) is 12.1 Å². The molecule has 28 heavy (non-hydrogen) atoms. The van der Waals surface area contributed by atoms with Gasteiger partial charge in [-0.1, -0.05) is 24.3 Å². The van der Waals surface area contributed by atoms with E-state index >= 15 is 0 Å². The van der Waals surface area contributed by atoms with Gasteiger partial charge in [0.25, 0.3) is 5.91 Å². The highest BCUT2D eigenvalue weighted by molar-refractivity contribution is 7.18. The van der Waals surface area contributed by atoms with E-state index < -0.39 is 0 Å². The van der Waals surface area contributed by atoms with Gasteiger partial charge in [-0.3, -0.25) is 4.79 Å². The number of nitrogens with zero attached hydrogens (tertiary/aromatic N) is 2. The number of rotatable bonds is 3. The zero-order valence-corrected chi connectivity index (χ0v) is 16.4. The van der Waals surface area contributed by atoms with Crippen molar-refractivity contribution in [2.45, 2.75) is 18.9 Å². The Hall–Kier alpha value is -2.92. The Labute approximate surface area is 167 Å². The third kappa shape index (κ3) is 2.92. The van der Waals surface area contributed by atoms with Crippen molar-refractivity contribution in [3.8, 4) is 5.75 Å². The van der Waals surface area contributed by atoms with Crippen LogP contribution in [0.5, 0.6) is 5.75 Å². The number of hydrogen-bond donors (Lipinski definition) is 0. The number of aromatic nitrogens is 1. The molecule has 1 fully saturated rings. The Kier molecular flexibility index (Phi) is 4.24. The number of para-hydroxylation sites is 1. The minimum absolute atomic E-state index is 0.0662. The molecular weight excluding hydrogens is 368 g/mol. The SMILES string of the molecule is COc1ccc2cc(C(=O)N3CCCC3c3nc4ccccc4s3)ccc2c1. The summed E-state index contributed by atoms with van der Waals surface area (Å²) in [5, 5.41) is 3.15. The zero-order chi connectivity index (χ0) is 19.1. The van der Waals surface area contributed by atoms with E-state index in [1.807, 2.05) is 59.5 Å². The standard InChI is InChI=1S/C23H20N2O2S/c1-27-18-11-10-15-13-17(9-8-16(15)14-18)23(26)25-12-4-6-20(25)22-24-19-5-2-3-7-21(19)28-22/h2-3,5,7-11,13-14,20H,4,6,12H2,1H3. The topological polar surface area (TPSA) is 42.4 Å². The highest BCUT2D eigenvalue weighted by atomic mass is 32.1. The predicted molar refractivity (Wildman–Crippen MR) is 113 cm³/mol. The van der Waals surface area contributed by atoms with Gasteiger partial charge < -0.3 is 9.64 Å². The molecule has 1 atom stereocenters. The van der Waals surface area contributed by atoms with Gasteiger partial charge in [-0.25, -0.2) is 4.98 Å². The second-order valence-electron chi connectivity index (χ2n) is 7.10. The minimum Gasteiger partial charge on any atom is -0.497 e. The fourth-order valence-corrected chi connectivity index (χ4v) is 5.06. The third-order valence-corrected chi connectivity index (χ3v) is 6.54. The molecule has 4 nitrogen and oxygen atoms in total. The molecule has 1 aromatic heterocycles. The van der Waals surface area contributed by atoms with Crippen LogP contribution in [-0.4, -0.2) is 29.4 Å². The fraction of sp³-hybridized carbons (Fsp3) is 0.217. The summed E-state index contributed by atoms with van der Waals surface area (Å²) in [5.74, 6) is 0.904. The highest BCUT2D eigenvalue weighted by Gasteiger charge is 2.32. The Balaban J connectivity index is 1.47. The Bertz CT molecular complexity index is 1150. The summed E-state index contributed by atoms with van der Waals surface area (Å²) in [4.78, 5) is 20.1. The molecule has 0 spiro atoms. The van der Waals surface area contributed by atoms with Gasteiger partial charge in [-0.15, -0.1) is 11.3 Å². The number of benzene rings is 3. The van der Waals surface area contributed by atoms with Crippen molar-refractivity contribution in [1.29, 1.82) is 0 Å². The van der Waals surface area contributed by atoms with Gasteiger partial charge in [0.05, 0.1) is 23.4 Å². The first-order valence-electron chi connectivity index (χ1n) is 9.47. The van der Waals surface area contributed by atoms with E-state index in [-0.39, 0.29) is 11.9 Å². The molecular formula is C23H20N2O2S. The number of carbonyl (C=O) groups excluding carboxylic acids is 1. The Morgan fingerprint density at radius 1 is 1.11 bits per heavy atom. The maximum atomic E-state index is 13.3. The molecule has 1 saturated heterocycles. The van der Waals surface area contributed by atoms with Gasteiger partial charge >= 0.3 is 0 Å². The van der Waals surface area contributed by atoms with E-state index in [9.17, 15) is 4.79 Å². The molecule has 0 N–H and O–H groups in total. The first-order chi connectivity index (χ1) is 13.7. The number of methoxy groups -OCH3 is 1. The number of ether oxygens (including phenoxy) is 1. The van der Waals surface area contributed by atoms with Crippen molar-refractivity contribution in [3.63, 3.8) is 0 Å². The summed E-state index contributed by atoms with van der Waals surface area (Å²) in [5.41, 5.74) is 1.74. The van der Waals surface area contributed by atoms with E-state index in [0.29, 0.717) is 0 Å². The van der Waals surface area contributed by atoms with Gasteiger partial charge in [0.15, 0.2) is 0 Å². The van der Waals surface area contributed by atoms with Gasteiger partial charge in [0.2, 0.25) is 0 Å². The van der Waals surface area contributed by atoms with E-state index in [1.54, 1.807) is 18.4 Å². The number of amides is 1. The first kappa shape index (κ1) is 17.2. The monoisotopic (exact) mass is 388 g/mol. The zero-order valence-electron chi connectivity index (χ0n) is 15.6. The molecule has 4 aromatic rings. The smallest absolute Gasteiger partial charge is 0.254 e. The molecule has 1 aliphatic rings.